The Balaban J connectivity index is 0.00000162. The molecule has 3 N–H and O–H groups in total. The van der Waals surface area contributed by atoms with Gasteiger partial charge in [0.05, 0.1) is 16.6 Å². The summed E-state index contributed by atoms with van der Waals surface area (Å²) in [6.45, 7) is 5.81. The number of hydrogen-bond donors (Lipinski definition) is 3. The Morgan fingerprint density at radius 2 is 1.91 bits per heavy atom. The lowest BCUT2D eigenvalue weighted by Gasteiger charge is -2.34. The maximum Gasteiger partial charge on any atom is 0.178 e. The van der Waals surface area contributed by atoms with Gasteiger partial charge in [-0.2, -0.15) is 0 Å². The number of aliphatic hydroxyl groups excluding tert-OH is 1. The summed E-state index contributed by atoms with van der Waals surface area (Å²) in [4.78, 5) is 14.8. The van der Waals surface area contributed by atoms with Crippen LogP contribution in [0.4, 0.5) is 11.5 Å². The second kappa shape index (κ2) is 11.4. The molecular formula is C24H30Cl2N6OS. The molecule has 1 aliphatic rings. The third-order valence-electron chi connectivity index (χ3n) is 6.50. The number of rotatable bonds is 6. The molecule has 2 aromatic carbocycles. The van der Waals surface area contributed by atoms with Gasteiger partial charge in [-0.3, -0.25) is 0 Å². The van der Waals surface area contributed by atoms with E-state index in [0.29, 0.717) is 12.5 Å². The standard InChI is InChI=1S/C24H28N6OS.2ClH/c1-2-30-22-12-19-18(11-20(22)28-24(30)32)23(27-15-26-19)25-13-17-5-3-4-6-21(17)29-9-7-16(14-31)8-10-29;;/h3-6,11-12,15-16,31H,2,7-10,13-14H2,1H3,(H,28,32)(H,25,26,27);2*1H. The first kappa shape index (κ1) is 26.2. The quantitative estimate of drug-likeness (QED) is 0.298. The van der Waals surface area contributed by atoms with E-state index in [1.807, 2.05) is 0 Å². The summed E-state index contributed by atoms with van der Waals surface area (Å²) >= 11 is 5.47. The average Bonchev–Trinajstić information content (AvgIpc) is 3.15. The van der Waals surface area contributed by atoms with E-state index in [1.165, 1.54) is 11.3 Å². The highest BCUT2D eigenvalue weighted by Crippen LogP contribution is 2.29. The summed E-state index contributed by atoms with van der Waals surface area (Å²) < 4.78 is 2.80. The van der Waals surface area contributed by atoms with Crippen molar-refractivity contribution in [3.05, 3.63) is 53.1 Å². The summed E-state index contributed by atoms with van der Waals surface area (Å²) in [5, 5.41) is 14.0. The molecule has 0 saturated carbocycles. The van der Waals surface area contributed by atoms with Crippen LogP contribution in [0.15, 0.2) is 42.7 Å². The molecule has 0 aliphatic carbocycles. The second-order valence-electron chi connectivity index (χ2n) is 8.38. The SMILES string of the molecule is CCn1c(=S)[nH]c2cc3c(NCc4ccccc4N4CCC(CO)CC4)ncnc3cc21.Cl.Cl. The van der Waals surface area contributed by atoms with Crippen LogP contribution in [-0.2, 0) is 13.1 Å². The number of hydrogen-bond acceptors (Lipinski definition) is 6. The Kier molecular flexibility index (Phi) is 8.76. The minimum atomic E-state index is 0. The van der Waals surface area contributed by atoms with Crippen LogP contribution in [0.2, 0.25) is 0 Å². The van der Waals surface area contributed by atoms with Gasteiger partial charge in [-0.25, -0.2) is 9.97 Å². The van der Waals surface area contributed by atoms with Gasteiger partial charge in [-0.1, -0.05) is 18.2 Å². The lowest BCUT2D eigenvalue weighted by atomic mass is 9.97. The number of aliphatic hydroxyl groups is 1. The van der Waals surface area contributed by atoms with Crippen LogP contribution in [0.25, 0.3) is 21.9 Å². The molecule has 0 bridgehead atoms. The zero-order chi connectivity index (χ0) is 22.1. The largest absolute Gasteiger partial charge is 0.396 e. The number of nitrogens with one attached hydrogen (secondary N) is 2. The molecular weight excluding hydrogens is 491 g/mol. The van der Waals surface area contributed by atoms with Gasteiger partial charge < -0.3 is 24.9 Å². The molecule has 0 radical (unpaired) electrons. The van der Waals surface area contributed by atoms with Crippen LogP contribution in [-0.4, -0.2) is 44.3 Å². The predicted octanol–water partition coefficient (Wildman–Crippen LogP) is 5.33. The van der Waals surface area contributed by atoms with Crippen LogP contribution in [0.3, 0.4) is 0 Å². The fourth-order valence-electron chi connectivity index (χ4n) is 4.67. The van der Waals surface area contributed by atoms with Gasteiger partial charge in [0.2, 0.25) is 0 Å². The summed E-state index contributed by atoms with van der Waals surface area (Å²) in [5.41, 5.74) is 5.44. The number of halogens is 2. The molecule has 182 valence electrons. The molecule has 1 fully saturated rings. The number of para-hydroxylation sites is 1. The Hall–Kier alpha value is -2.39. The van der Waals surface area contributed by atoms with Gasteiger partial charge in [0.15, 0.2) is 4.77 Å². The van der Waals surface area contributed by atoms with Crippen LogP contribution in [0.5, 0.6) is 0 Å². The zero-order valence-corrected chi connectivity index (χ0v) is 21.5. The lowest BCUT2D eigenvalue weighted by molar-refractivity contribution is 0.203. The maximum atomic E-state index is 9.45. The highest BCUT2D eigenvalue weighted by atomic mass is 35.5. The van der Waals surface area contributed by atoms with Crippen molar-refractivity contribution >= 4 is 70.5 Å². The number of aromatic amines is 1. The smallest absolute Gasteiger partial charge is 0.178 e. The molecule has 2 aromatic heterocycles. The van der Waals surface area contributed by atoms with Crippen molar-refractivity contribution in [2.45, 2.75) is 32.9 Å². The Morgan fingerprint density at radius 1 is 1.15 bits per heavy atom. The molecule has 0 spiro atoms. The minimum absolute atomic E-state index is 0. The number of H-pyrrole nitrogens is 1. The molecule has 0 amide bonds. The number of anilines is 2. The molecule has 1 aliphatic heterocycles. The van der Waals surface area contributed by atoms with Crippen LogP contribution in [0.1, 0.15) is 25.3 Å². The first-order valence-electron chi connectivity index (χ1n) is 11.2. The lowest BCUT2D eigenvalue weighted by Crippen LogP contribution is -2.35. The van der Waals surface area contributed by atoms with Gasteiger partial charge in [-0.15, -0.1) is 24.8 Å². The van der Waals surface area contributed by atoms with Crippen molar-refractivity contribution < 1.29 is 5.11 Å². The van der Waals surface area contributed by atoms with Gasteiger partial charge in [0.25, 0.3) is 0 Å². The fourth-order valence-corrected chi connectivity index (χ4v) is 5.00. The minimum Gasteiger partial charge on any atom is -0.396 e. The third kappa shape index (κ3) is 5.00. The first-order valence-corrected chi connectivity index (χ1v) is 11.6. The Morgan fingerprint density at radius 3 is 2.65 bits per heavy atom. The number of aromatic nitrogens is 4. The molecule has 3 heterocycles. The molecule has 10 heteroatoms. The number of imidazole rings is 1. The Labute approximate surface area is 216 Å². The van der Waals surface area contributed by atoms with Crippen molar-refractivity contribution in [2.24, 2.45) is 5.92 Å². The molecule has 0 unspecified atom stereocenters. The van der Waals surface area contributed by atoms with Crippen molar-refractivity contribution in [3.8, 4) is 0 Å². The van der Waals surface area contributed by atoms with E-state index in [9.17, 15) is 5.11 Å². The number of piperidine rings is 1. The van der Waals surface area contributed by atoms with E-state index in [2.05, 4.69) is 73.1 Å². The van der Waals surface area contributed by atoms with Crippen LogP contribution in [0, 0.1) is 10.7 Å². The fraction of sp³-hybridized carbons (Fsp3) is 0.375. The van der Waals surface area contributed by atoms with E-state index in [-0.39, 0.29) is 31.4 Å². The molecule has 0 atom stereocenters. The average molecular weight is 522 g/mol. The summed E-state index contributed by atoms with van der Waals surface area (Å²) in [5.74, 6) is 1.24. The monoisotopic (exact) mass is 520 g/mol. The molecule has 4 aromatic rings. The molecule has 1 saturated heterocycles. The number of benzene rings is 2. The summed E-state index contributed by atoms with van der Waals surface area (Å²) in [6, 6.07) is 12.7. The van der Waals surface area contributed by atoms with Crippen molar-refractivity contribution in [3.63, 3.8) is 0 Å². The van der Waals surface area contributed by atoms with E-state index in [4.69, 9.17) is 12.2 Å². The van der Waals surface area contributed by atoms with Gasteiger partial charge in [0.1, 0.15) is 12.1 Å². The topological polar surface area (TPSA) is 82.0 Å². The second-order valence-corrected chi connectivity index (χ2v) is 8.77. The van der Waals surface area contributed by atoms with Gasteiger partial charge in [0, 0.05) is 43.9 Å². The number of aryl methyl sites for hydroxylation is 1. The van der Waals surface area contributed by atoms with E-state index in [0.717, 1.165) is 65.0 Å². The maximum absolute atomic E-state index is 9.45. The van der Waals surface area contributed by atoms with Crippen molar-refractivity contribution in [1.29, 1.82) is 0 Å². The molecule has 7 nitrogen and oxygen atoms in total. The molecule has 5 rings (SSSR count). The van der Waals surface area contributed by atoms with Gasteiger partial charge in [-0.05, 0) is 61.7 Å². The van der Waals surface area contributed by atoms with E-state index in [1.54, 1.807) is 6.33 Å². The summed E-state index contributed by atoms with van der Waals surface area (Å²) in [7, 11) is 0. The zero-order valence-electron chi connectivity index (χ0n) is 19.0. The first-order chi connectivity index (χ1) is 15.7. The summed E-state index contributed by atoms with van der Waals surface area (Å²) in [6.07, 6.45) is 3.67. The van der Waals surface area contributed by atoms with Gasteiger partial charge >= 0.3 is 0 Å². The molecule has 34 heavy (non-hydrogen) atoms. The Bertz CT molecular complexity index is 1320. The van der Waals surface area contributed by atoms with Crippen LogP contribution < -0.4 is 10.2 Å². The number of fused-ring (bicyclic) bond motifs is 2. The highest BCUT2D eigenvalue weighted by Gasteiger charge is 2.20. The van der Waals surface area contributed by atoms with Crippen molar-refractivity contribution in [2.75, 3.05) is 29.9 Å². The van der Waals surface area contributed by atoms with Crippen molar-refractivity contribution in [1.82, 2.24) is 19.5 Å². The van der Waals surface area contributed by atoms with E-state index >= 15 is 0 Å². The third-order valence-corrected chi connectivity index (χ3v) is 6.82. The van der Waals surface area contributed by atoms with Crippen LogP contribution >= 0.6 is 37.0 Å². The predicted molar refractivity (Wildman–Crippen MR) is 146 cm³/mol. The normalized spacial score (nSPS) is 14.1. The number of nitrogens with zero attached hydrogens (tertiary/aromatic N) is 4. The highest BCUT2D eigenvalue weighted by molar-refractivity contribution is 7.71. The van der Waals surface area contributed by atoms with E-state index < -0.39 is 0 Å².